The van der Waals surface area contributed by atoms with Crippen molar-refractivity contribution < 1.29 is 9.52 Å². The summed E-state index contributed by atoms with van der Waals surface area (Å²) in [5.74, 6) is 0.606. The topological polar surface area (TPSA) is 59.2 Å². The predicted octanol–water partition coefficient (Wildman–Crippen LogP) is -0.0135. The highest BCUT2D eigenvalue weighted by Gasteiger charge is 1.79. The Hall–Kier alpha value is -0.900. The first-order valence-corrected chi connectivity index (χ1v) is 2.07. The largest absolute Gasteiger partial charge is 0.428 e. The van der Waals surface area contributed by atoms with Crippen LogP contribution in [0.5, 0.6) is 0 Å². The number of hydrogen-bond acceptors (Lipinski definition) is 4. The van der Waals surface area contributed by atoms with Crippen LogP contribution in [0.2, 0.25) is 0 Å². The standard InChI is InChI=1S/C3H4N2O.CH4O/c1-3-5-4-2-6-3;1-2/h2H,1H3;2H,1H3. The molecule has 0 spiro atoms. The Balaban J connectivity index is 0.000000222. The van der Waals surface area contributed by atoms with Crippen LogP contribution in [-0.2, 0) is 0 Å². The van der Waals surface area contributed by atoms with Gasteiger partial charge in [-0.25, -0.2) is 0 Å². The number of hydrogen-bond donors (Lipinski definition) is 1. The Labute approximate surface area is 47.2 Å². The van der Waals surface area contributed by atoms with Gasteiger partial charge in [-0.15, -0.1) is 10.2 Å². The minimum Gasteiger partial charge on any atom is -0.428 e. The molecule has 4 heteroatoms. The Bertz CT molecular complexity index is 116. The fraction of sp³-hybridized carbons (Fsp3) is 0.500. The molecule has 0 aliphatic rings. The molecule has 0 aliphatic carbocycles. The van der Waals surface area contributed by atoms with Gasteiger partial charge in [-0.1, -0.05) is 0 Å². The monoisotopic (exact) mass is 116 g/mol. The van der Waals surface area contributed by atoms with Crippen LogP contribution in [-0.4, -0.2) is 22.4 Å². The van der Waals surface area contributed by atoms with Crippen LogP contribution in [0.25, 0.3) is 0 Å². The van der Waals surface area contributed by atoms with E-state index in [1.807, 2.05) is 0 Å². The van der Waals surface area contributed by atoms with E-state index >= 15 is 0 Å². The number of aliphatic hydroxyl groups is 1. The van der Waals surface area contributed by atoms with Crippen molar-refractivity contribution in [2.75, 3.05) is 7.11 Å². The second kappa shape index (κ2) is 4.26. The lowest BCUT2D eigenvalue weighted by Crippen LogP contribution is -1.65. The number of aryl methyl sites for hydroxylation is 1. The van der Waals surface area contributed by atoms with Gasteiger partial charge >= 0.3 is 0 Å². The number of aliphatic hydroxyl groups excluding tert-OH is 1. The molecule has 0 radical (unpaired) electrons. The van der Waals surface area contributed by atoms with E-state index in [1.165, 1.54) is 6.39 Å². The first-order chi connectivity index (χ1) is 3.89. The van der Waals surface area contributed by atoms with Crippen molar-refractivity contribution in [3.8, 4) is 0 Å². The summed E-state index contributed by atoms with van der Waals surface area (Å²) in [4.78, 5) is 0. The molecule has 0 fully saturated rings. The third-order valence-corrected chi connectivity index (χ3v) is 0.469. The van der Waals surface area contributed by atoms with Crippen molar-refractivity contribution in [1.82, 2.24) is 10.2 Å². The number of aromatic nitrogens is 2. The van der Waals surface area contributed by atoms with Gasteiger partial charge in [0.15, 0.2) is 0 Å². The van der Waals surface area contributed by atoms with Gasteiger partial charge in [0.05, 0.1) is 0 Å². The summed E-state index contributed by atoms with van der Waals surface area (Å²) < 4.78 is 4.61. The second-order valence-corrected chi connectivity index (χ2v) is 0.958. The highest BCUT2D eigenvalue weighted by Crippen LogP contribution is 1.82. The summed E-state index contributed by atoms with van der Waals surface area (Å²) in [7, 11) is 1.00. The molecule has 0 saturated heterocycles. The quantitative estimate of drug-likeness (QED) is 0.517. The van der Waals surface area contributed by atoms with E-state index in [9.17, 15) is 0 Å². The first-order valence-electron chi connectivity index (χ1n) is 2.07. The van der Waals surface area contributed by atoms with Crippen LogP contribution in [0.15, 0.2) is 10.8 Å². The second-order valence-electron chi connectivity index (χ2n) is 0.958. The van der Waals surface area contributed by atoms with Gasteiger partial charge in [0.1, 0.15) is 0 Å². The molecule has 0 amide bonds. The lowest BCUT2D eigenvalue weighted by atomic mass is 10.8. The van der Waals surface area contributed by atoms with E-state index in [4.69, 9.17) is 5.11 Å². The lowest BCUT2D eigenvalue weighted by Gasteiger charge is -1.63. The predicted molar refractivity (Wildman–Crippen MR) is 27.2 cm³/mol. The number of rotatable bonds is 0. The van der Waals surface area contributed by atoms with Crippen LogP contribution in [0, 0.1) is 6.92 Å². The maximum atomic E-state index is 7.00. The summed E-state index contributed by atoms with van der Waals surface area (Å²) in [5.41, 5.74) is 0. The van der Waals surface area contributed by atoms with Crippen molar-refractivity contribution in [2.45, 2.75) is 6.92 Å². The molecule has 1 aromatic rings. The van der Waals surface area contributed by atoms with E-state index in [2.05, 4.69) is 14.6 Å². The third kappa shape index (κ3) is 2.30. The van der Waals surface area contributed by atoms with Crippen molar-refractivity contribution in [1.29, 1.82) is 0 Å². The van der Waals surface area contributed by atoms with Gasteiger partial charge < -0.3 is 9.52 Å². The fourth-order valence-corrected chi connectivity index (χ4v) is 0.228. The molecule has 4 nitrogen and oxygen atoms in total. The van der Waals surface area contributed by atoms with Gasteiger partial charge in [-0.05, 0) is 0 Å². The van der Waals surface area contributed by atoms with Gasteiger partial charge in [-0.2, -0.15) is 0 Å². The summed E-state index contributed by atoms with van der Waals surface area (Å²) in [6, 6.07) is 0. The van der Waals surface area contributed by atoms with Gasteiger partial charge in [0, 0.05) is 14.0 Å². The summed E-state index contributed by atoms with van der Waals surface area (Å²) in [6.07, 6.45) is 1.30. The fourth-order valence-electron chi connectivity index (χ4n) is 0.228. The van der Waals surface area contributed by atoms with Crippen LogP contribution >= 0.6 is 0 Å². The maximum absolute atomic E-state index is 7.00. The summed E-state index contributed by atoms with van der Waals surface area (Å²) >= 11 is 0. The molecule has 0 unspecified atom stereocenters. The molecule has 8 heavy (non-hydrogen) atoms. The number of nitrogens with zero attached hydrogens (tertiary/aromatic N) is 2. The van der Waals surface area contributed by atoms with E-state index in [0.717, 1.165) is 7.11 Å². The van der Waals surface area contributed by atoms with Crippen molar-refractivity contribution in [2.24, 2.45) is 0 Å². The molecule has 1 rings (SSSR count). The zero-order chi connectivity index (χ0) is 6.41. The summed E-state index contributed by atoms with van der Waals surface area (Å²) in [5, 5.41) is 13.9. The van der Waals surface area contributed by atoms with Crippen molar-refractivity contribution in [3.05, 3.63) is 12.3 Å². The molecule has 0 saturated carbocycles. The zero-order valence-corrected chi connectivity index (χ0v) is 4.83. The zero-order valence-electron chi connectivity index (χ0n) is 4.83. The Morgan fingerprint density at radius 1 is 1.62 bits per heavy atom. The lowest BCUT2D eigenvalue weighted by molar-refractivity contribution is 0.399. The average molecular weight is 116 g/mol. The van der Waals surface area contributed by atoms with Gasteiger partial charge in [-0.3, -0.25) is 0 Å². The smallest absolute Gasteiger partial charge is 0.213 e. The van der Waals surface area contributed by atoms with Crippen LogP contribution in [0.1, 0.15) is 5.89 Å². The van der Waals surface area contributed by atoms with Crippen molar-refractivity contribution in [3.63, 3.8) is 0 Å². The van der Waals surface area contributed by atoms with Crippen LogP contribution in [0.4, 0.5) is 0 Å². The minimum absolute atomic E-state index is 0.606. The maximum Gasteiger partial charge on any atom is 0.213 e. The Morgan fingerprint density at radius 2 is 2.25 bits per heavy atom. The Morgan fingerprint density at radius 3 is 2.38 bits per heavy atom. The van der Waals surface area contributed by atoms with E-state index in [1.54, 1.807) is 6.92 Å². The molecular formula is C4H8N2O2. The highest BCUT2D eigenvalue weighted by atomic mass is 16.4. The van der Waals surface area contributed by atoms with Crippen molar-refractivity contribution >= 4 is 0 Å². The summed E-state index contributed by atoms with van der Waals surface area (Å²) in [6.45, 7) is 1.74. The van der Waals surface area contributed by atoms with E-state index in [0.29, 0.717) is 5.89 Å². The molecule has 0 aromatic carbocycles. The van der Waals surface area contributed by atoms with E-state index in [-0.39, 0.29) is 0 Å². The van der Waals surface area contributed by atoms with E-state index < -0.39 is 0 Å². The first kappa shape index (κ1) is 7.10. The van der Waals surface area contributed by atoms with Crippen LogP contribution in [0.3, 0.4) is 0 Å². The molecule has 1 heterocycles. The molecule has 1 aromatic heterocycles. The molecule has 1 N–H and O–H groups in total. The van der Waals surface area contributed by atoms with Crippen LogP contribution < -0.4 is 0 Å². The molecule has 0 aliphatic heterocycles. The highest BCUT2D eigenvalue weighted by molar-refractivity contribution is 4.60. The SMILES string of the molecule is CO.Cc1nnco1. The van der Waals surface area contributed by atoms with Gasteiger partial charge in [0.2, 0.25) is 12.3 Å². The van der Waals surface area contributed by atoms with Gasteiger partial charge in [0.25, 0.3) is 0 Å². The Kier molecular flexibility index (Phi) is 3.78. The molecular weight excluding hydrogens is 108 g/mol. The minimum atomic E-state index is 0.606. The molecule has 46 valence electrons. The molecule has 0 bridgehead atoms. The normalized spacial score (nSPS) is 7.38. The molecule has 0 atom stereocenters. The average Bonchev–Trinajstić information content (AvgIpc) is 2.24. The third-order valence-electron chi connectivity index (χ3n) is 0.469.